The molecular weight excluding hydrogens is 278 g/mol. The van der Waals surface area contributed by atoms with Crippen LogP contribution in [0.5, 0.6) is 0 Å². The minimum atomic E-state index is 0.152. The first kappa shape index (κ1) is 16.1. The topological polar surface area (TPSA) is 12.0 Å². The zero-order valence-electron chi connectivity index (χ0n) is 13.3. The number of benzene rings is 2. The second-order valence-corrected chi connectivity index (χ2v) is 6.18. The predicted molar refractivity (Wildman–Crippen MR) is 92.2 cm³/mol. The van der Waals surface area contributed by atoms with Crippen LogP contribution in [0.25, 0.3) is 0 Å². The monoisotopic (exact) mass is 301 g/mol. The summed E-state index contributed by atoms with van der Waals surface area (Å²) in [5, 5.41) is 4.47. The molecule has 1 atom stereocenters. The van der Waals surface area contributed by atoms with Gasteiger partial charge >= 0.3 is 0 Å². The van der Waals surface area contributed by atoms with Gasteiger partial charge in [0.15, 0.2) is 0 Å². The van der Waals surface area contributed by atoms with Crippen LogP contribution in [0, 0.1) is 20.8 Å². The van der Waals surface area contributed by atoms with Crippen molar-refractivity contribution in [2.45, 2.75) is 40.2 Å². The lowest BCUT2D eigenvalue weighted by atomic mass is 9.93. The average molecular weight is 302 g/mol. The van der Waals surface area contributed by atoms with Gasteiger partial charge in [-0.25, -0.2) is 0 Å². The maximum absolute atomic E-state index is 6.50. The lowest BCUT2D eigenvalue weighted by Gasteiger charge is -2.23. The van der Waals surface area contributed by atoms with Crippen LogP contribution in [-0.4, -0.2) is 6.54 Å². The van der Waals surface area contributed by atoms with Gasteiger partial charge in [0.1, 0.15) is 0 Å². The number of hydrogen-bond donors (Lipinski definition) is 1. The van der Waals surface area contributed by atoms with Gasteiger partial charge in [0.25, 0.3) is 0 Å². The number of hydrogen-bond acceptors (Lipinski definition) is 1. The van der Waals surface area contributed by atoms with Crippen molar-refractivity contribution >= 4 is 11.6 Å². The summed E-state index contributed by atoms with van der Waals surface area (Å²) in [5.74, 6) is 0. The van der Waals surface area contributed by atoms with E-state index in [1.165, 1.54) is 22.3 Å². The number of halogens is 1. The molecule has 1 nitrogen and oxygen atoms in total. The van der Waals surface area contributed by atoms with E-state index in [2.05, 4.69) is 63.3 Å². The van der Waals surface area contributed by atoms with Crippen molar-refractivity contribution in [1.82, 2.24) is 5.32 Å². The van der Waals surface area contributed by atoms with Crippen molar-refractivity contribution in [3.05, 3.63) is 69.2 Å². The first-order chi connectivity index (χ1) is 10.0. The lowest BCUT2D eigenvalue weighted by molar-refractivity contribution is 0.596. The third-order valence-corrected chi connectivity index (χ3v) is 4.13. The highest BCUT2D eigenvalue weighted by Crippen LogP contribution is 2.31. The molecule has 0 aliphatic heterocycles. The Hall–Kier alpha value is -1.31. The van der Waals surface area contributed by atoms with Crippen molar-refractivity contribution in [3.63, 3.8) is 0 Å². The van der Waals surface area contributed by atoms with Crippen LogP contribution >= 0.6 is 11.6 Å². The van der Waals surface area contributed by atoms with Gasteiger partial charge in [0.2, 0.25) is 0 Å². The van der Waals surface area contributed by atoms with Crippen molar-refractivity contribution in [3.8, 4) is 0 Å². The van der Waals surface area contributed by atoms with E-state index in [9.17, 15) is 0 Å². The second-order valence-electron chi connectivity index (χ2n) is 5.77. The molecule has 0 bridgehead atoms. The molecule has 0 heterocycles. The second kappa shape index (κ2) is 7.11. The van der Waals surface area contributed by atoms with Crippen LogP contribution in [0.15, 0.2) is 36.4 Å². The molecule has 2 aromatic rings. The molecule has 0 fully saturated rings. The van der Waals surface area contributed by atoms with E-state index in [-0.39, 0.29) is 6.04 Å². The zero-order chi connectivity index (χ0) is 15.4. The third kappa shape index (κ3) is 3.87. The number of aryl methyl sites for hydroxylation is 3. The standard InChI is InChI=1S/C19H24ClN/c1-5-10-21-19(16-8-6-13(2)11-15(16)4)17-9-7-14(3)12-18(17)20/h6-9,11-12,19,21H,5,10H2,1-4H3. The van der Waals surface area contributed by atoms with Gasteiger partial charge in [-0.05, 0) is 62.1 Å². The zero-order valence-corrected chi connectivity index (χ0v) is 14.1. The van der Waals surface area contributed by atoms with Crippen LogP contribution in [0.1, 0.15) is 47.2 Å². The molecule has 112 valence electrons. The molecule has 0 saturated carbocycles. The number of nitrogens with one attached hydrogen (secondary N) is 1. The van der Waals surface area contributed by atoms with E-state index < -0.39 is 0 Å². The fraction of sp³-hybridized carbons (Fsp3) is 0.368. The summed E-state index contributed by atoms with van der Waals surface area (Å²) >= 11 is 6.50. The van der Waals surface area contributed by atoms with Crippen LogP contribution < -0.4 is 5.32 Å². The Bertz CT molecular complexity index is 567. The van der Waals surface area contributed by atoms with Crippen LogP contribution in [-0.2, 0) is 0 Å². The van der Waals surface area contributed by atoms with Gasteiger partial charge in [0, 0.05) is 5.02 Å². The van der Waals surface area contributed by atoms with Gasteiger partial charge in [-0.1, -0.05) is 54.4 Å². The summed E-state index contributed by atoms with van der Waals surface area (Å²) in [6.07, 6.45) is 1.10. The van der Waals surface area contributed by atoms with E-state index >= 15 is 0 Å². The maximum Gasteiger partial charge on any atom is 0.0594 e. The molecule has 21 heavy (non-hydrogen) atoms. The summed E-state index contributed by atoms with van der Waals surface area (Å²) in [6.45, 7) is 9.53. The molecule has 1 unspecified atom stereocenters. The predicted octanol–water partition coefficient (Wildman–Crippen LogP) is 5.35. The van der Waals surface area contributed by atoms with Crippen molar-refractivity contribution < 1.29 is 0 Å². The Balaban J connectivity index is 2.46. The highest BCUT2D eigenvalue weighted by molar-refractivity contribution is 6.31. The molecule has 1 N–H and O–H groups in total. The Kier molecular flexibility index (Phi) is 5.44. The largest absolute Gasteiger partial charge is 0.306 e. The minimum absolute atomic E-state index is 0.152. The highest BCUT2D eigenvalue weighted by Gasteiger charge is 2.18. The van der Waals surface area contributed by atoms with Gasteiger partial charge in [-0.3, -0.25) is 0 Å². The fourth-order valence-corrected chi connectivity index (χ4v) is 3.04. The molecule has 0 aliphatic rings. The van der Waals surface area contributed by atoms with Crippen molar-refractivity contribution in [1.29, 1.82) is 0 Å². The summed E-state index contributed by atoms with van der Waals surface area (Å²) in [7, 11) is 0. The molecule has 0 amide bonds. The van der Waals surface area contributed by atoms with Crippen molar-refractivity contribution in [2.75, 3.05) is 6.54 Å². The normalized spacial score (nSPS) is 12.4. The Morgan fingerprint density at radius 2 is 1.57 bits per heavy atom. The van der Waals surface area contributed by atoms with E-state index in [0.29, 0.717) is 0 Å². The third-order valence-electron chi connectivity index (χ3n) is 3.80. The summed E-state index contributed by atoms with van der Waals surface area (Å²) < 4.78 is 0. The first-order valence-electron chi connectivity index (χ1n) is 7.59. The highest BCUT2D eigenvalue weighted by atomic mass is 35.5. The summed E-state index contributed by atoms with van der Waals surface area (Å²) in [4.78, 5) is 0. The van der Waals surface area contributed by atoms with Crippen LogP contribution in [0.4, 0.5) is 0 Å². The Morgan fingerprint density at radius 1 is 0.952 bits per heavy atom. The van der Waals surface area contributed by atoms with Gasteiger partial charge in [-0.2, -0.15) is 0 Å². The SMILES string of the molecule is CCCNC(c1ccc(C)cc1C)c1ccc(C)cc1Cl. The molecule has 0 aliphatic carbocycles. The van der Waals surface area contributed by atoms with E-state index in [0.717, 1.165) is 23.6 Å². The average Bonchev–Trinajstić information content (AvgIpc) is 2.42. The fourth-order valence-electron chi connectivity index (χ4n) is 2.69. The Labute approximate surface area is 133 Å². The van der Waals surface area contributed by atoms with Crippen molar-refractivity contribution in [2.24, 2.45) is 0 Å². The molecule has 0 saturated heterocycles. The van der Waals surface area contributed by atoms with E-state index in [1.807, 2.05) is 6.07 Å². The van der Waals surface area contributed by atoms with Crippen LogP contribution in [0.2, 0.25) is 5.02 Å². The Morgan fingerprint density at radius 3 is 2.14 bits per heavy atom. The quantitative estimate of drug-likeness (QED) is 0.784. The molecule has 0 radical (unpaired) electrons. The number of rotatable bonds is 5. The van der Waals surface area contributed by atoms with Gasteiger partial charge < -0.3 is 5.32 Å². The minimum Gasteiger partial charge on any atom is -0.306 e. The van der Waals surface area contributed by atoms with Crippen LogP contribution in [0.3, 0.4) is 0 Å². The maximum atomic E-state index is 6.50. The lowest BCUT2D eigenvalue weighted by Crippen LogP contribution is -2.24. The van der Waals surface area contributed by atoms with Gasteiger partial charge in [0.05, 0.1) is 6.04 Å². The molecule has 0 aromatic heterocycles. The summed E-state index contributed by atoms with van der Waals surface area (Å²) in [5.41, 5.74) is 6.25. The van der Waals surface area contributed by atoms with E-state index in [4.69, 9.17) is 11.6 Å². The van der Waals surface area contributed by atoms with E-state index in [1.54, 1.807) is 0 Å². The molecule has 2 heteroatoms. The van der Waals surface area contributed by atoms with Gasteiger partial charge in [-0.15, -0.1) is 0 Å². The smallest absolute Gasteiger partial charge is 0.0594 e. The molecule has 2 aromatic carbocycles. The summed E-state index contributed by atoms with van der Waals surface area (Å²) in [6, 6.07) is 13.1. The molecular formula is C19H24ClN. The molecule has 2 rings (SSSR count). The molecule has 0 spiro atoms. The first-order valence-corrected chi connectivity index (χ1v) is 7.97.